The molecular formula is C12H17N5O3. The van der Waals surface area contributed by atoms with Crippen molar-refractivity contribution in [1.29, 1.82) is 0 Å². The number of amides is 3. The number of nitrogens with two attached hydrogens (primary N) is 1. The fourth-order valence-corrected chi connectivity index (χ4v) is 1.67. The van der Waals surface area contributed by atoms with E-state index >= 15 is 0 Å². The van der Waals surface area contributed by atoms with E-state index in [9.17, 15) is 9.59 Å². The van der Waals surface area contributed by atoms with E-state index in [4.69, 9.17) is 10.6 Å². The summed E-state index contributed by atoms with van der Waals surface area (Å²) in [5, 5.41) is 6.36. The first-order valence-electron chi connectivity index (χ1n) is 6.30. The molecule has 0 aliphatic carbocycles. The second kappa shape index (κ2) is 6.71. The number of carbonyl (C=O) groups excluding carboxylic acids is 2. The zero-order valence-electron chi connectivity index (χ0n) is 11.0. The zero-order valence-corrected chi connectivity index (χ0v) is 11.0. The molecule has 1 aromatic heterocycles. The standard InChI is InChI=1S/C12H17N5O3/c13-10-3-2-9(6-14-10)7-15-12(19)16-8-11(18)17-4-1-5-20-17/h2-3,6H,1,4-5,7-8H2,(H2,13,14)(H2,15,16,19). The van der Waals surface area contributed by atoms with Crippen molar-refractivity contribution < 1.29 is 14.4 Å². The molecule has 8 heteroatoms. The Morgan fingerprint density at radius 3 is 2.90 bits per heavy atom. The number of aromatic nitrogens is 1. The monoisotopic (exact) mass is 279 g/mol. The van der Waals surface area contributed by atoms with E-state index in [0.717, 1.165) is 12.0 Å². The molecule has 1 aliphatic rings. The summed E-state index contributed by atoms with van der Waals surface area (Å²) in [6.45, 7) is 1.33. The van der Waals surface area contributed by atoms with E-state index in [1.54, 1.807) is 18.3 Å². The maximum absolute atomic E-state index is 11.6. The van der Waals surface area contributed by atoms with Crippen LogP contribution in [0.15, 0.2) is 18.3 Å². The molecule has 2 rings (SSSR count). The van der Waals surface area contributed by atoms with Crippen LogP contribution in [0.1, 0.15) is 12.0 Å². The summed E-state index contributed by atoms with van der Waals surface area (Å²) in [6, 6.07) is 3.00. The lowest BCUT2D eigenvalue weighted by atomic mass is 10.3. The highest BCUT2D eigenvalue weighted by Crippen LogP contribution is 2.03. The fraction of sp³-hybridized carbons (Fsp3) is 0.417. The van der Waals surface area contributed by atoms with Gasteiger partial charge in [-0.3, -0.25) is 9.63 Å². The highest BCUT2D eigenvalue weighted by molar-refractivity contribution is 5.83. The Kier molecular flexibility index (Phi) is 4.72. The molecular weight excluding hydrogens is 262 g/mol. The van der Waals surface area contributed by atoms with E-state index in [2.05, 4.69) is 15.6 Å². The number of hydrogen-bond acceptors (Lipinski definition) is 5. The molecule has 20 heavy (non-hydrogen) atoms. The van der Waals surface area contributed by atoms with Crippen LogP contribution < -0.4 is 16.4 Å². The largest absolute Gasteiger partial charge is 0.384 e. The molecule has 108 valence electrons. The number of nitrogens with zero attached hydrogens (tertiary/aromatic N) is 2. The van der Waals surface area contributed by atoms with Gasteiger partial charge in [0.15, 0.2) is 0 Å². The van der Waals surface area contributed by atoms with Crippen LogP contribution in [0.25, 0.3) is 0 Å². The van der Waals surface area contributed by atoms with Gasteiger partial charge in [-0.25, -0.2) is 14.8 Å². The SMILES string of the molecule is Nc1ccc(CNC(=O)NCC(=O)N2CCCO2)cn1. The Hall–Kier alpha value is -2.35. The average molecular weight is 279 g/mol. The number of pyridine rings is 1. The Morgan fingerprint density at radius 1 is 1.40 bits per heavy atom. The second-order valence-corrected chi connectivity index (χ2v) is 4.31. The van der Waals surface area contributed by atoms with Crippen molar-refractivity contribution in [3.8, 4) is 0 Å². The van der Waals surface area contributed by atoms with E-state index < -0.39 is 6.03 Å². The predicted octanol–water partition coefficient (Wildman–Crippen LogP) is -0.373. The van der Waals surface area contributed by atoms with E-state index in [0.29, 0.717) is 25.5 Å². The van der Waals surface area contributed by atoms with Crippen LogP contribution in [-0.2, 0) is 16.2 Å². The summed E-state index contributed by atoms with van der Waals surface area (Å²) >= 11 is 0. The number of anilines is 1. The third kappa shape index (κ3) is 4.09. The van der Waals surface area contributed by atoms with Crippen LogP contribution in [0.4, 0.5) is 10.6 Å². The van der Waals surface area contributed by atoms with Crippen molar-refractivity contribution in [2.75, 3.05) is 25.4 Å². The first-order valence-corrected chi connectivity index (χ1v) is 6.30. The molecule has 0 spiro atoms. The minimum atomic E-state index is -0.422. The molecule has 4 N–H and O–H groups in total. The van der Waals surface area contributed by atoms with Gasteiger partial charge in [-0.15, -0.1) is 0 Å². The summed E-state index contributed by atoms with van der Waals surface area (Å²) in [5.74, 6) is 0.168. The number of nitrogens with one attached hydrogen (secondary N) is 2. The summed E-state index contributed by atoms with van der Waals surface area (Å²) in [7, 11) is 0. The topological polar surface area (TPSA) is 110 Å². The molecule has 8 nitrogen and oxygen atoms in total. The molecule has 1 fully saturated rings. The molecule has 0 atom stereocenters. The van der Waals surface area contributed by atoms with Gasteiger partial charge >= 0.3 is 6.03 Å². The van der Waals surface area contributed by atoms with Crippen molar-refractivity contribution in [2.45, 2.75) is 13.0 Å². The lowest BCUT2D eigenvalue weighted by molar-refractivity contribution is -0.167. The number of nitrogen functional groups attached to an aromatic ring is 1. The van der Waals surface area contributed by atoms with Crippen LogP contribution in [-0.4, -0.2) is 41.7 Å². The average Bonchev–Trinajstić information content (AvgIpc) is 2.98. The third-order valence-electron chi connectivity index (χ3n) is 2.73. The van der Waals surface area contributed by atoms with Gasteiger partial charge in [0.2, 0.25) is 0 Å². The quantitative estimate of drug-likeness (QED) is 0.696. The lowest BCUT2D eigenvalue weighted by Gasteiger charge is -2.14. The van der Waals surface area contributed by atoms with Gasteiger partial charge in [0.05, 0.1) is 13.2 Å². The molecule has 0 bridgehead atoms. The first kappa shape index (κ1) is 14.1. The van der Waals surface area contributed by atoms with Crippen molar-refractivity contribution >= 4 is 17.8 Å². The van der Waals surface area contributed by atoms with Crippen LogP contribution in [0.2, 0.25) is 0 Å². The number of urea groups is 1. The molecule has 0 unspecified atom stereocenters. The smallest absolute Gasteiger partial charge is 0.315 e. The molecule has 0 radical (unpaired) electrons. The summed E-state index contributed by atoms with van der Waals surface area (Å²) < 4.78 is 0. The predicted molar refractivity (Wildman–Crippen MR) is 71.2 cm³/mol. The lowest BCUT2D eigenvalue weighted by Crippen LogP contribution is -2.42. The van der Waals surface area contributed by atoms with Crippen LogP contribution >= 0.6 is 0 Å². The van der Waals surface area contributed by atoms with Crippen LogP contribution in [0.3, 0.4) is 0 Å². The molecule has 1 aliphatic heterocycles. The van der Waals surface area contributed by atoms with Gasteiger partial charge in [-0.1, -0.05) is 6.07 Å². The first-order chi connectivity index (χ1) is 9.65. The number of hydrogen-bond donors (Lipinski definition) is 3. The van der Waals surface area contributed by atoms with Crippen molar-refractivity contribution in [3.05, 3.63) is 23.9 Å². The molecule has 1 aromatic rings. The molecule has 1 saturated heterocycles. The van der Waals surface area contributed by atoms with Gasteiger partial charge in [0.25, 0.3) is 5.91 Å². The van der Waals surface area contributed by atoms with Gasteiger partial charge in [0, 0.05) is 12.7 Å². The Labute approximate surface area is 116 Å². The zero-order chi connectivity index (χ0) is 14.4. The Balaban J connectivity index is 1.67. The van der Waals surface area contributed by atoms with Crippen molar-refractivity contribution in [1.82, 2.24) is 20.7 Å². The van der Waals surface area contributed by atoms with Crippen LogP contribution in [0.5, 0.6) is 0 Å². The minimum Gasteiger partial charge on any atom is -0.384 e. The fourth-order valence-electron chi connectivity index (χ4n) is 1.67. The minimum absolute atomic E-state index is 0.0914. The maximum atomic E-state index is 11.6. The molecule has 0 aromatic carbocycles. The normalized spacial score (nSPS) is 14.1. The summed E-state index contributed by atoms with van der Waals surface area (Å²) in [6.07, 6.45) is 2.40. The van der Waals surface area contributed by atoms with Gasteiger partial charge in [0.1, 0.15) is 12.4 Å². The second-order valence-electron chi connectivity index (χ2n) is 4.31. The van der Waals surface area contributed by atoms with E-state index in [1.807, 2.05) is 0 Å². The van der Waals surface area contributed by atoms with Crippen molar-refractivity contribution in [2.24, 2.45) is 0 Å². The third-order valence-corrected chi connectivity index (χ3v) is 2.73. The molecule has 3 amide bonds. The van der Waals surface area contributed by atoms with Crippen LogP contribution in [0, 0.1) is 0 Å². The number of carbonyl (C=O) groups is 2. The number of hydroxylamine groups is 2. The van der Waals surface area contributed by atoms with E-state index in [-0.39, 0.29) is 12.5 Å². The summed E-state index contributed by atoms with van der Waals surface area (Å²) in [5.41, 5.74) is 6.28. The van der Waals surface area contributed by atoms with Gasteiger partial charge < -0.3 is 16.4 Å². The maximum Gasteiger partial charge on any atom is 0.315 e. The number of rotatable bonds is 4. The molecule has 2 heterocycles. The van der Waals surface area contributed by atoms with Gasteiger partial charge in [-0.05, 0) is 18.1 Å². The Bertz CT molecular complexity index is 470. The Morgan fingerprint density at radius 2 is 2.25 bits per heavy atom. The highest BCUT2D eigenvalue weighted by atomic mass is 16.7. The summed E-state index contributed by atoms with van der Waals surface area (Å²) in [4.78, 5) is 32.1. The van der Waals surface area contributed by atoms with Gasteiger partial charge in [-0.2, -0.15) is 0 Å². The van der Waals surface area contributed by atoms with E-state index in [1.165, 1.54) is 5.06 Å². The molecule has 0 saturated carbocycles. The highest BCUT2D eigenvalue weighted by Gasteiger charge is 2.19. The van der Waals surface area contributed by atoms with Crippen molar-refractivity contribution in [3.63, 3.8) is 0 Å².